The molecule has 1 nitrogen and oxygen atoms in total. The van der Waals surface area contributed by atoms with E-state index >= 15 is 0 Å². The van der Waals surface area contributed by atoms with Gasteiger partial charge in [-0.2, -0.15) is 11.8 Å². The minimum atomic E-state index is 0.321. The maximum absolute atomic E-state index is 11.3. The fourth-order valence-corrected chi connectivity index (χ4v) is 2.40. The van der Waals surface area contributed by atoms with E-state index < -0.39 is 0 Å². The Bertz CT molecular complexity index is 220. The molecule has 74 valence electrons. The highest BCUT2D eigenvalue weighted by molar-refractivity contribution is 7.99. The van der Waals surface area contributed by atoms with Gasteiger partial charge in [0.25, 0.3) is 0 Å². The molecule has 0 saturated carbocycles. The number of carbonyl (C=O) groups excluding carboxylic acids is 1. The molecule has 0 N–H and O–H groups in total. The predicted molar refractivity (Wildman–Crippen MR) is 59.1 cm³/mol. The van der Waals surface area contributed by atoms with Crippen LogP contribution in [0.5, 0.6) is 0 Å². The van der Waals surface area contributed by atoms with Gasteiger partial charge in [-0.1, -0.05) is 12.5 Å². The highest BCUT2D eigenvalue weighted by Gasteiger charge is 2.20. The maximum atomic E-state index is 11.3. The Kier molecular flexibility index (Phi) is 4.04. The highest BCUT2D eigenvalue weighted by Crippen LogP contribution is 2.28. The summed E-state index contributed by atoms with van der Waals surface area (Å²) in [6.45, 7) is 4.30. The molecular formula is C11H18OS. The third kappa shape index (κ3) is 3.55. The van der Waals surface area contributed by atoms with Crippen molar-refractivity contribution in [1.29, 1.82) is 0 Å². The smallest absolute Gasteiger partial charge is 0.155 e. The largest absolute Gasteiger partial charge is 0.295 e. The van der Waals surface area contributed by atoms with E-state index in [1.165, 1.54) is 12.0 Å². The number of allylic oxidation sites excluding steroid dienone is 2. The fraction of sp³-hybridized carbons (Fsp3) is 0.727. The summed E-state index contributed by atoms with van der Waals surface area (Å²) in [5.41, 5.74) is 1.26. The summed E-state index contributed by atoms with van der Waals surface area (Å²) >= 11 is 1.89. The average Bonchev–Trinajstić information content (AvgIpc) is 2.02. The van der Waals surface area contributed by atoms with Crippen LogP contribution < -0.4 is 0 Å². The van der Waals surface area contributed by atoms with E-state index in [0.717, 1.165) is 12.8 Å². The Labute approximate surface area is 85.0 Å². The third-order valence-electron chi connectivity index (χ3n) is 2.58. The van der Waals surface area contributed by atoms with Crippen LogP contribution in [0.15, 0.2) is 11.6 Å². The summed E-state index contributed by atoms with van der Waals surface area (Å²) in [7, 11) is 0. The van der Waals surface area contributed by atoms with Gasteiger partial charge in [-0.3, -0.25) is 4.79 Å². The molecule has 0 fully saturated rings. The first-order valence-corrected chi connectivity index (χ1v) is 6.13. The van der Waals surface area contributed by atoms with Crippen LogP contribution in [0, 0.1) is 5.92 Å². The van der Waals surface area contributed by atoms with E-state index in [-0.39, 0.29) is 0 Å². The summed E-state index contributed by atoms with van der Waals surface area (Å²) < 4.78 is 0. The van der Waals surface area contributed by atoms with Gasteiger partial charge in [-0.25, -0.2) is 0 Å². The van der Waals surface area contributed by atoms with Crippen molar-refractivity contribution in [2.24, 2.45) is 5.92 Å². The molecular weight excluding hydrogens is 180 g/mol. The molecule has 1 aliphatic rings. The molecule has 0 bridgehead atoms. The molecule has 0 aromatic rings. The van der Waals surface area contributed by atoms with Crippen molar-refractivity contribution < 1.29 is 4.79 Å². The van der Waals surface area contributed by atoms with Gasteiger partial charge in [-0.15, -0.1) is 0 Å². The normalized spacial score (nSPS) is 25.6. The predicted octanol–water partition coefficient (Wildman–Crippen LogP) is 3.05. The van der Waals surface area contributed by atoms with E-state index in [1.54, 1.807) is 6.08 Å². The van der Waals surface area contributed by atoms with E-state index in [1.807, 2.05) is 11.8 Å². The van der Waals surface area contributed by atoms with Gasteiger partial charge in [-0.05, 0) is 38.0 Å². The molecule has 0 heterocycles. The zero-order valence-electron chi connectivity index (χ0n) is 8.67. The van der Waals surface area contributed by atoms with E-state index in [0.29, 0.717) is 17.0 Å². The summed E-state index contributed by atoms with van der Waals surface area (Å²) in [5, 5.41) is 0.684. The Morgan fingerprint density at radius 1 is 1.62 bits per heavy atom. The Morgan fingerprint density at radius 2 is 2.31 bits per heavy atom. The van der Waals surface area contributed by atoms with Crippen molar-refractivity contribution in [3.8, 4) is 0 Å². The molecule has 0 saturated heterocycles. The van der Waals surface area contributed by atoms with Crippen molar-refractivity contribution >= 4 is 17.5 Å². The third-order valence-corrected chi connectivity index (χ3v) is 3.57. The fourth-order valence-electron chi connectivity index (χ4n) is 1.94. The molecule has 0 radical (unpaired) electrons. The Hall–Kier alpha value is -0.240. The second-order valence-corrected chi connectivity index (χ2v) is 5.29. The molecule has 2 atom stereocenters. The van der Waals surface area contributed by atoms with Crippen LogP contribution in [-0.4, -0.2) is 17.3 Å². The van der Waals surface area contributed by atoms with Crippen molar-refractivity contribution in [3.05, 3.63) is 11.6 Å². The van der Waals surface area contributed by atoms with Gasteiger partial charge >= 0.3 is 0 Å². The molecule has 0 aliphatic heterocycles. The highest BCUT2D eigenvalue weighted by atomic mass is 32.2. The van der Waals surface area contributed by atoms with Crippen LogP contribution in [0.25, 0.3) is 0 Å². The van der Waals surface area contributed by atoms with Crippen LogP contribution in [0.3, 0.4) is 0 Å². The van der Waals surface area contributed by atoms with Crippen molar-refractivity contribution in [2.45, 2.75) is 38.4 Å². The molecule has 13 heavy (non-hydrogen) atoms. The van der Waals surface area contributed by atoms with E-state index in [2.05, 4.69) is 20.1 Å². The van der Waals surface area contributed by atoms with Crippen molar-refractivity contribution in [1.82, 2.24) is 0 Å². The van der Waals surface area contributed by atoms with Crippen LogP contribution in [0.2, 0.25) is 0 Å². The summed E-state index contributed by atoms with van der Waals surface area (Å²) in [4.78, 5) is 11.3. The first-order valence-electron chi connectivity index (χ1n) is 4.84. The molecule has 0 aromatic carbocycles. The van der Waals surface area contributed by atoms with Gasteiger partial charge in [0.05, 0.1) is 0 Å². The lowest BCUT2D eigenvalue weighted by Crippen LogP contribution is -2.16. The lowest BCUT2D eigenvalue weighted by molar-refractivity contribution is -0.116. The van der Waals surface area contributed by atoms with Crippen LogP contribution in [0.4, 0.5) is 0 Å². The van der Waals surface area contributed by atoms with Gasteiger partial charge in [0, 0.05) is 11.7 Å². The number of thioether (sulfide) groups is 1. The first-order chi connectivity index (χ1) is 6.11. The lowest BCUT2D eigenvalue weighted by atomic mass is 9.86. The molecule has 1 rings (SSSR count). The monoisotopic (exact) mass is 198 g/mol. The zero-order valence-corrected chi connectivity index (χ0v) is 9.49. The molecule has 0 spiro atoms. The van der Waals surface area contributed by atoms with Crippen molar-refractivity contribution in [2.75, 3.05) is 6.26 Å². The zero-order chi connectivity index (χ0) is 9.84. The Morgan fingerprint density at radius 3 is 2.85 bits per heavy atom. The molecule has 2 unspecified atom stereocenters. The molecule has 0 amide bonds. The first kappa shape index (κ1) is 10.8. The van der Waals surface area contributed by atoms with E-state index in [4.69, 9.17) is 0 Å². The number of ketones is 1. The van der Waals surface area contributed by atoms with Gasteiger partial charge in [0.15, 0.2) is 5.78 Å². The summed E-state index contributed by atoms with van der Waals surface area (Å²) in [6.07, 6.45) is 7.01. The van der Waals surface area contributed by atoms with Gasteiger partial charge in [0.1, 0.15) is 0 Å². The minimum Gasteiger partial charge on any atom is -0.295 e. The lowest BCUT2D eigenvalue weighted by Gasteiger charge is -2.22. The summed E-state index contributed by atoms with van der Waals surface area (Å²) in [6, 6.07) is 0. The second-order valence-electron chi connectivity index (χ2n) is 4.01. The SMILES string of the molecule is CSC(C)CC1CC(=O)C=C(C)C1. The summed E-state index contributed by atoms with van der Waals surface area (Å²) in [5.74, 6) is 0.919. The van der Waals surface area contributed by atoms with Crippen LogP contribution >= 0.6 is 11.8 Å². The quantitative estimate of drug-likeness (QED) is 0.693. The maximum Gasteiger partial charge on any atom is 0.155 e. The van der Waals surface area contributed by atoms with Gasteiger partial charge < -0.3 is 0 Å². The number of carbonyl (C=O) groups is 1. The molecule has 0 aromatic heterocycles. The number of hydrogen-bond donors (Lipinski definition) is 0. The van der Waals surface area contributed by atoms with Crippen LogP contribution in [0.1, 0.15) is 33.1 Å². The van der Waals surface area contributed by atoms with Crippen LogP contribution in [-0.2, 0) is 4.79 Å². The van der Waals surface area contributed by atoms with E-state index in [9.17, 15) is 4.79 Å². The standard InChI is InChI=1S/C11H18OS/c1-8-4-10(6-9(2)13-3)7-11(12)5-8/h5,9-10H,4,6-7H2,1-3H3. The van der Waals surface area contributed by atoms with Crippen molar-refractivity contribution in [3.63, 3.8) is 0 Å². The average molecular weight is 198 g/mol. The Balaban J connectivity index is 2.46. The molecule has 1 aliphatic carbocycles. The second kappa shape index (κ2) is 4.85. The topological polar surface area (TPSA) is 17.1 Å². The number of hydrogen-bond acceptors (Lipinski definition) is 2. The van der Waals surface area contributed by atoms with Gasteiger partial charge in [0.2, 0.25) is 0 Å². The molecule has 2 heteroatoms. The number of rotatable bonds is 3. The minimum absolute atomic E-state index is 0.321.